The van der Waals surface area contributed by atoms with Gasteiger partial charge >= 0.3 is 0 Å². The Kier molecular flexibility index (Phi) is 6.83. The van der Waals surface area contributed by atoms with Crippen molar-refractivity contribution in [2.24, 2.45) is 0 Å². The van der Waals surface area contributed by atoms with E-state index in [2.05, 4.69) is 26.1 Å². The summed E-state index contributed by atoms with van der Waals surface area (Å²) in [7, 11) is 0. The van der Waals surface area contributed by atoms with Gasteiger partial charge in [-0.1, -0.05) is 58.0 Å². The van der Waals surface area contributed by atoms with Crippen LogP contribution in [-0.2, 0) is 11.2 Å². The summed E-state index contributed by atoms with van der Waals surface area (Å²) >= 11 is 0. The fourth-order valence-electron chi connectivity index (χ4n) is 3.98. The Morgan fingerprint density at radius 2 is 1.79 bits per heavy atom. The number of carbonyl (C=O) groups excluding carboxylic acids is 1. The maximum absolute atomic E-state index is 13.1. The van der Waals surface area contributed by atoms with Crippen molar-refractivity contribution < 1.29 is 14.3 Å². The first-order valence-corrected chi connectivity index (χ1v) is 10.9. The number of hydrogen-bond acceptors (Lipinski definition) is 3. The molecule has 1 heterocycles. The van der Waals surface area contributed by atoms with Crippen LogP contribution in [0.5, 0.6) is 11.5 Å². The Balaban J connectivity index is 1.76. The Bertz CT molecular complexity index is 811. The summed E-state index contributed by atoms with van der Waals surface area (Å²) in [5.41, 5.74) is 2.05. The highest BCUT2D eigenvalue weighted by atomic mass is 16.5. The van der Waals surface area contributed by atoms with E-state index >= 15 is 0 Å². The summed E-state index contributed by atoms with van der Waals surface area (Å²) in [5.74, 6) is 1.53. The van der Waals surface area contributed by atoms with Crippen molar-refractivity contribution in [3.63, 3.8) is 0 Å². The Labute approximate surface area is 174 Å². The number of fused-ring (bicyclic) bond motifs is 1. The van der Waals surface area contributed by atoms with Gasteiger partial charge in [-0.3, -0.25) is 4.79 Å². The van der Waals surface area contributed by atoms with Crippen molar-refractivity contribution in [1.82, 2.24) is 5.32 Å². The summed E-state index contributed by atoms with van der Waals surface area (Å²) in [6.07, 6.45) is 3.65. The van der Waals surface area contributed by atoms with Crippen LogP contribution in [0.3, 0.4) is 0 Å². The van der Waals surface area contributed by atoms with Crippen LogP contribution in [0.25, 0.3) is 0 Å². The van der Waals surface area contributed by atoms with Crippen LogP contribution >= 0.6 is 0 Å². The second kappa shape index (κ2) is 9.34. The molecule has 1 amide bonds. The van der Waals surface area contributed by atoms with Crippen molar-refractivity contribution in [2.75, 3.05) is 0 Å². The van der Waals surface area contributed by atoms with Crippen molar-refractivity contribution in [3.05, 3.63) is 59.7 Å². The third kappa shape index (κ3) is 4.75. The van der Waals surface area contributed by atoms with E-state index in [1.807, 2.05) is 55.5 Å². The molecule has 2 unspecified atom stereocenters. The van der Waals surface area contributed by atoms with Crippen molar-refractivity contribution in [3.8, 4) is 11.5 Å². The average Bonchev–Trinajstić information content (AvgIpc) is 2.77. The summed E-state index contributed by atoms with van der Waals surface area (Å²) in [4.78, 5) is 13.1. The minimum absolute atomic E-state index is 0.0742. The normalized spacial score (nSPS) is 18.3. The molecule has 4 nitrogen and oxygen atoms in total. The fourth-order valence-corrected chi connectivity index (χ4v) is 3.98. The summed E-state index contributed by atoms with van der Waals surface area (Å²) in [5, 5.41) is 3.25. The minimum Gasteiger partial charge on any atom is -0.487 e. The van der Waals surface area contributed by atoms with Crippen molar-refractivity contribution >= 4 is 5.91 Å². The van der Waals surface area contributed by atoms with E-state index in [1.54, 1.807) is 0 Å². The van der Waals surface area contributed by atoms with Gasteiger partial charge in [-0.05, 0) is 49.4 Å². The van der Waals surface area contributed by atoms with Crippen LogP contribution in [0.4, 0.5) is 0 Å². The van der Waals surface area contributed by atoms with E-state index in [0.717, 1.165) is 42.7 Å². The zero-order valence-corrected chi connectivity index (χ0v) is 18.0. The van der Waals surface area contributed by atoms with E-state index in [9.17, 15) is 4.79 Å². The average molecular weight is 396 g/mol. The first-order chi connectivity index (χ1) is 14.0. The zero-order chi connectivity index (χ0) is 20.9. The quantitative estimate of drug-likeness (QED) is 0.632. The van der Waals surface area contributed by atoms with Gasteiger partial charge in [0.25, 0.3) is 5.91 Å². The Morgan fingerprint density at radius 1 is 1.10 bits per heavy atom. The second-order valence-electron chi connectivity index (χ2n) is 7.81. The first-order valence-electron chi connectivity index (χ1n) is 10.9. The molecule has 1 aliphatic rings. The number of rotatable bonds is 8. The maximum atomic E-state index is 13.1. The zero-order valence-electron chi connectivity index (χ0n) is 18.0. The van der Waals surface area contributed by atoms with Gasteiger partial charge in [-0.15, -0.1) is 0 Å². The molecule has 0 aliphatic carbocycles. The number of benzene rings is 2. The number of ether oxygens (including phenoxy) is 2. The van der Waals surface area contributed by atoms with Gasteiger partial charge in [0.1, 0.15) is 17.1 Å². The van der Waals surface area contributed by atoms with E-state index in [1.165, 1.54) is 5.56 Å². The smallest absolute Gasteiger partial charge is 0.261 e. The number of para-hydroxylation sites is 1. The van der Waals surface area contributed by atoms with Crippen LogP contribution in [0.2, 0.25) is 0 Å². The third-order valence-electron chi connectivity index (χ3n) is 6.08. The lowest BCUT2D eigenvalue weighted by Crippen LogP contribution is -2.47. The molecule has 4 heteroatoms. The lowest BCUT2D eigenvalue weighted by Gasteiger charge is -2.42. The van der Waals surface area contributed by atoms with E-state index in [4.69, 9.17) is 9.47 Å². The number of carbonyl (C=O) groups is 1. The molecule has 3 rings (SSSR count). The van der Waals surface area contributed by atoms with Gasteiger partial charge in [-0.2, -0.15) is 0 Å². The van der Waals surface area contributed by atoms with Gasteiger partial charge in [0.2, 0.25) is 0 Å². The van der Waals surface area contributed by atoms with E-state index in [-0.39, 0.29) is 17.6 Å². The maximum Gasteiger partial charge on any atom is 0.261 e. The minimum atomic E-state index is -0.518. The first kappa shape index (κ1) is 21.2. The summed E-state index contributed by atoms with van der Waals surface area (Å²) in [6.45, 7) is 8.39. The van der Waals surface area contributed by atoms with Crippen molar-refractivity contribution in [1.29, 1.82) is 0 Å². The molecule has 1 N–H and O–H groups in total. The molecule has 0 bridgehead atoms. The lowest BCUT2D eigenvalue weighted by molar-refractivity contribution is -0.129. The molecule has 1 aliphatic heterocycles. The van der Waals surface area contributed by atoms with Gasteiger partial charge in [0.05, 0.1) is 6.04 Å². The summed E-state index contributed by atoms with van der Waals surface area (Å²) in [6, 6.07) is 15.9. The Morgan fingerprint density at radius 3 is 2.41 bits per heavy atom. The number of amides is 1. The highest BCUT2D eigenvalue weighted by molar-refractivity contribution is 5.81. The molecule has 0 radical (unpaired) electrons. The monoisotopic (exact) mass is 395 g/mol. The topological polar surface area (TPSA) is 47.6 Å². The molecule has 2 aromatic rings. The predicted molar refractivity (Wildman–Crippen MR) is 116 cm³/mol. The van der Waals surface area contributed by atoms with E-state index < -0.39 is 6.10 Å². The molecule has 0 aromatic heterocycles. The molecule has 0 spiro atoms. The highest BCUT2D eigenvalue weighted by Crippen LogP contribution is 2.42. The van der Waals surface area contributed by atoms with Crippen LogP contribution in [0.15, 0.2) is 48.5 Å². The Hall–Kier alpha value is -2.49. The standard InChI is InChI=1S/C25H33NO3/c1-5-18-13-15-19(16-14-18)28-22(6-2)24(27)26-21-17-25(7-3,8-4)29-23-12-10-9-11-20(21)23/h9-16,21-22H,5-8,17H2,1-4H3,(H,26,27). The number of nitrogens with one attached hydrogen (secondary N) is 1. The van der Waals surface area contributed by atoms with Gasteiger partial charge in [0.15, 0.2) is 6.10 Å². The van der Waals surface area contributed by atoms with E-state index in [0.29, 0.717) is 6.42 Å². The predicted octanol–water partition coefficient (Wildman–Crippen LogP) is 5.61. The summed E-state index contributed by atoms with van der Waals surface area (Å²) < 4.78 is 12.4. The van der Waals surface area contributed by atoms with Crippen LogP contribution in [-0.4, -0.2) is 17.6 Å². The number of aryl methyl sites for hydroxylation is 1. The number of hydrogen-bond donors (Lipinski definition) is 1. The fraction of sp³-hybridized carbons (Fsp3) is 0.480. The third-order valence-corrected chi connectivity index (χ3v) is 6.08. The molecular formula is C25H33NO3. The molecule has 2 aromatic carbocycles. The lowest BCUT2D eigenvalue weighted by atomic mass is 9.83. The molecule has 2 atom stereocenters. The van der Waals surface area contributed by atoms with Gasteiger partial charge < -0.3 is 14.8 Å². The molecule has 29 heavy (non-hydrogen) atoms. The largest absolute Gasteiger partial charge is 0.487 e. The van der Waals surface area contributed by atoms with Crippen LogP contribution < -0.4 is 14.8 Å². The molecule has 156 valence electrons. The van der Waals surface area contributed by atoms with Gasteiger partial charge in [0, 0.05) is 12.0 Å². The van der Waals surface area contributed by atoms with Crippen molar-refractivity contribution in [2.45, 2.75) is 77.5 Å². The second-order valence-corrected chi connectivity index (χ2v) is 7.81. The van der Waals surface area contributed by atoms with Crippen LogP contribution in [0.1, 0.15) is 70.5 Å². The molecule has 0 saturated carbocycles. The molecular weight excluding hydrogens is 362 g/mol. The van der Waals surface area contributed by atoms with Gasteiger partial charge in [-0.25, -0.2) is 0 Å². The highest BCUT2D eigenvalue weighted by Gasteiger charge is 2.39. The SMILES string of the molecule is CCc1ccc(OC(CC)C(=O)NC2CC(CC)(CC)Oc3ccccc32)cc1. The molecule has 0 fully saturated rings. The van der Waals surface area contributed by atoms with Crippen LogP contribution in [0, 0.1) is 0 Å². The molecule has 0 saturated heterocycles.